The lowest BCUT2D eigenvalue weighted by Crippen LogP contribution is -2.38. The highest BCUT2D eigenvalue weighted by Gasteiger charge is 2.40. The van der Waals surface area contributed by atoms with Gasteiger partial charge in [0.15, 0.2) is 0 Å². The van der Waals surface area contributed by atoms with Gasteiger partial charge < -0.3 is 10.1 Å². The van der Waals surface area contributed by atoms with Crippen LogP contribution in [0.2, 0.25) is 0 Å². The molecule has 0 radical (unpaired) electrons. The lowest BCUT2D eigenvalue weighted by atomic mass is 9.80. The molecule has 1 N–H and O–H groups in total. The topological polar surface area (TPSA) is 119 Å². The molecule has 0 saturated carbocycles. The monoisotopic (exact) mass is 682 g/mol. The summed E-state index contributed by atoms with van der Waals surface area (Å²) < 4.78 is 38.4. The summed E-state index contributed by atoms with van der Waals surface area (Å²) in [6.07, 6.45) is 18.8. The van der Waals surface area contributed by atoms with Crippen molar-refractivity contribution in [3.63, 3.8) is 0 Å². The van der Waals surface area contributed by atoms with Crippen LogP contribution in [0.15, 0.2) is 83.2 Å². The fourth-order valence-corrected chi connectivity index (χ4v) is 8.03. The Labute approximate surface area is 290 Å². The lowest BCUT2D eigenvalue weighted by molar-refractivity contribution is -0.134. The van der Waals surface area contributed by atoms with Gasteiger partial charge in [0.2, 0.25) is 15.9 Å². The number of hydrogen-bond donors (Lipinski definition) is 1. The van der Waals surface area contributed by atoms with Crippen LogP contribution in [0.4, 0.5) is 5.69 Å². The number of carbonyl (C=O) groups excluding carboxylic acids is 1. The number of nitrogens with zero attached hydrogens (tertiary/aromatic N) is 5. The van der Waals surface area contributed by atoms with Crippen molar-refractivity contribution >= 4 is 21.6 Å². The van der Waals surface area contributed by atoms with Gasteiger partial charge in [-0.15, -0.1) is 17.4 Å². The molecule has 3 aromatic rings. The van der Waals surface area contributed by atoms with Crippen LogP contribution in [0.3, 0.4) is 0 Å². The molecule has 2 aliphatic rings. The van der Waals surface area contributed by atoms with E-state index in [-0.39, 0.29) is 31.5 Å². The number of pyridine rings is 1. The number of nitrogens with one attached hydrogen (secondary N) is 1. The molecule has 0 spiro atoms. The second kappa shape index (κ2) is 15.5. The summed E-state index contributed by atoms with van der Waals surface area (Å²) in [5.41, 5.74) is 4.65. The van der Waals surface area contributed by atoms with E-state index in [1.165, 1.54) is 9.88 Å². The highest BCUT2D eigenvalue weighted by Crippen LogP contribution is 2.40. The van der Waals surface area contributed by atoms with E-state index in [0.717, 1.165) is 41.6 Å². The molecule has 0 saturated heterocycles. The smallest absolute Gasteiger partial charge is 0.243 e. The molecule has 0 unspecified atom stereocenters. The van der Waals surface area contributed by atoms with Gasteiger partial charge in [-0.1, -0.05) is 55.0 Å². The summed E-state index contributed by atoms with van der Waals surface area (Å²) in [4.78, 5) is 18.3. The Hall–Kier alpha value is -4.37. The molecule has 1 aliphatic heterocycles. The Balaban J connectivity index is 1.49. The van der Waals surface area contributed by atoms with Crippen molar-refractivity contribution < 1.29 is 17.9 Å². The van der Waals surface area contributed by atoms with Crippen LogP contribution < -0.4 is 5.32 Å². The normalized spacial score (nSPS) is 18.5. The number of ether oxygens (including phenoxy) is 1. The Morgan fingerprint density at radius 2 is 2.06 bits per heavy atom. The molecule has 2 atom stereocenters. The molecule has 1 amide bonds. The zero-order chi connectivity index (χ0) is 35.2. The van der Waals surface area contributed by atoms with Crippen LogP contribution >= 0.6 is 0 Å². The first-order valence-electron chi connectivity index (χ1n) is 16.8. The molecular weight excluding hydrogens is 637 g/mol. The van der Waals surface area contributed by atoms with E-state index in [4.69, 9.17) is 11.2 Å². The van der Waals surface area contributed by atoms with Crippen LogP contribution in [0.5, 0.6) is 0 Å². The van der Waals surface area contributed by atoms with Crippen LogP contribution in [0.25, 0.3) is 0 Å². The number of allylic oxidation sites excluding steroid dienone is 5. The van der Waals surface area contributed by atoms with Crippen molar-refractivity contribution in [1.82, 2.24) is 24.3 Å². The zero-order valence-corrected chi connectivity index (χ0v) is 29.8. The van der Waals surface area contributed by atoms with Crippen LogP contribution in [0, 0.1) is 30.6 Å². The summed E-state index contributed by atoms with van der Waals surface area (Å²) in [5.74, 6) is 2.34. The molecule has 5 rings (SSSR count). The number of hydrogen-bond acceptors (Lipinski definition) is 7. The van der Waals surface area contributed by atoms with E-state index in [9.17, 15) is 13.2 Å². The average molecular weight is 683 g/mol. The SMILES string of the molecule is C#C[C@H]1CC2=C(C=CC=C(CC)C2)S(=O)(=O)N(Cc2cc([C@@H](OCc3cn(CCC)nn3)C(C)(C)C(=O)Nc3cccnc3)ccc2C)C1. The second-order valence-corrected chi connectivity index (χ2v) is 15.2. The Kier molecular flexibility index (Phi) is 11.3. The molecule has 10 nitrogen and oxygen atoms in total. The molecule has 3 heterocycles. The second-order valence-electron chi connectivity index (χ2n) is 13.3. The van der Waals surface area contributed by atoms with Gasteiger partial charge in [-0.2, -0.15) is 4.31 Å². The van der Waals surface area contributed by atoms with Gasteiger partial charge in [0.05, 0.1) is 41.1 Å². The number of rotatable bonds is 12. The van der Waals surface area contributed by atoms with E-state index >= 15 is 0 Å². The number of sulfonamides is 1. The first-order chi connectivity index (χ1) is 23.5. The highest BCUT2D eigenvalue weighted by atomic mass is 32.2. The van der Waals surface area contributed by atoms with Gasteiger partial charge in [-0.05, 0) is 86.9 Å². The summed E-state index contributed by atoms with van der Waals surface area (Å²) in [6.45, 7) is 11.0. The summed E-state index contributed by atoms with van der Waals surface area (Å²) in [7, 11) is -3.85. The number of amides is 1. The van der Waals surface area contributed by atoms with E-state index in [1.807, 2.05) is 57.3 Å². The molecule has 0 fully saturated rings. The van der Waals surface area contributed by atoms with Gasteiger partial charge >= 0.3 is 0 Å². The van der Waals surface area contributed by atoms with Crippen molar-refractivity contribution in [3.8, 4) is 12.3 Å². The quantitative estimate of drug-likeness (QED) is 0.213. The number of aromatic nitrogens is 4. The van der Waals surface area contributed by atoms with Gasteiger partial charge in [0, 0.05) is 31.7 Å². The maximum absolute atomic E-state index is 14.3. The average Bonchev–Trinajstić information content (AvgIpc) is 3.37. The van der Waals surface area contributed by atoms with E-state index in [1.54, 1.807) is 35.3 Å². The van der Waals surface area contributed by atoms with Crippen molar-refractivity contribution in [2.45, 2.75) is 86.1 Å². The number of anilines is 1. The number of aryl methyl sites for hydroxylation is 2. The van der Waals surface area contributed by atoms with E-state index in [0.29, 0.717) is 29.1 Å². The summed E-state index contributed by atoms with van der Waals surface area (Å²) in [5, 5.41) is 11.4. The largest absolute Gasteiger partial charge is 0.366 e. The van der Waals surface area contributed by atoms with Gasteiger partial charge in [0.25, 0.3) is 0 Å². The lowest BCUT2D eigenvalue weighted by Gasteiger charge is -2.34. The first kappa shape index (κ1) is 35.9. The van der Waals surface area contributed by atoms with Gasteiger partial charge in [-0.25, -0.2) is 8.42 Å². The summed E-state index contributed by atoms with van der Waals surface area (Å²) >= 11 is 0. The van der Waals surface area contributed by atoms with E-state index in [2.05, 4.69) is 40.4 Å². The van der Waals surface area contributed by atoms with Crippen molar-refractivity contribution in [2.75, 3.05) is 11.9 Å². The molecular formula is C38H46N6O4S. The Bertz CT molecular complexity index is 1900. The molecule has 49 heavy (non-hydrogen) atoms. The van der Waals surface area contributed by atoms with Crippen molar-refractivity contribution in [1.29, 1.82) is 0 Å². The Morgan fingerprint density at radius 1 is 1.24 bits per heavy atom. The molecule has 0 bridgehead atoms. The summed E-state index contributed by atoms with van der Waals surface area (Å²) in [6, 6.07) is 9.37. The predicted molar refractivity (Wildman–Crippen MR) is 191 cm³/mol. The third-order valence-corrected chi connectivity index (χ3v) is 11.2. The zero-order valence-electron chi connectivity index (χ0n) is 29.0. The molecule has 11 heteroatoms. The maximum atomic E-state index is 14.3. The third kappa shape index (κ3) is 8.27. The van der Waals surface area contributed by atoms with Crippen molar-refractivity contribution in [3.05, 3.63) is 106 Å². The highest BCUT2D eigenvalue weighted by molar-refractivity contribution is 7.93. The Morgan fingerprint density at radius 3 is 2.78 bits per heavy atom. The van der Waals surface area contributed by atoms with Gasteiger partial charge in [-0.3, -0.25) is 14.5 Å². The van der Waals surface area contributed by atoms with E-state index < -0.39 is 21.5 Å². The minimum absolute atomic E-state index is 0.124. The number of carbonyl (C=O) groups is 1. The molecule has 258 valence electrons. The van der Waals surface area contributed by atoms with Crippen LogP contribution in [-0.4, -0.2) is 45.2 Å². The third-order valence-electron chi connectivity index (χ3n) is 9.21. The molecule has 1 aliphatic carbocycles. The van der Waals surface area contributed by atoms with Crippen molar-refractivity contribution in [2.24, 2.45) is 11.3 Å². The van der Waals surface area contributed by atoms with Crippen LogP contribution in [0.1, 0.15) is 81.9 Å². The molecule has 2 aromatic heterocycles. The first-order valence-corrected chi connectivity index (χ1v) is 18.3. The number of benzene rings is 1. The van der Waals surface area contributed by atoms with Gasteiger partial charge in [0.1, 0.15) is 5.69 Å². The van der Waals surface area contributed by atoms with Crippen LogP contribution in [-0.2, 0) is 39.3 Å². The minimum atomic E-state index is -3.85. The maximum Gasteiger partial charge on any atom is 0.243 e. The fraction of sp³-hybridized carbons (Fsp3) is 0.421. The predicted octanol–water partition coefficient (Wildman–Crippen LogP) is 6.65. The fourth-order valence-electron chi connectivity index (χ4n) is 6.30. The minimum Gasteiger partial charge on any atom is -0.366 e. The number of terminal acetylenes is 1. The standard InChI is InChI=1S/C38H46N6O4S/c1-7-18-43-25-34(41-42-43)26-48-36(38(5,6)37(45)40-33-13-11-17-39-22-33)30-16-15-27(4)32(21-30)24-44-23-29(9-3)20-31-19-28(8-2)12-10-14-35(31)49(44,46)47/h3,10-17,21-22,25,29,36H,7-8,18-20,23-24,26H2,1-2,4-6H3,(H,40,45)/t29-,36+/m0/s1. The molecule has 1 aromatic carbocycles.